The topological polar surface area (TPSA) is 46.2 Å². The van der Waals surface area contributed by atoms with Crippen LogP contribution in [0.15, 0.2) is 0 Å². The quantitative estimate of drug-likeness (QED) is 0.447. The summed E-state index contributed by atoms with van der Waals surface area (Å²) in [7, 11) is 0. The maximum atomic E-state index is 8.37. The Hall–Kier alpha value is -0.150. The highest BCUT2D eigenvalue weighted by molar-refractivity contribution is 7.80. The molecule has 0 amide bonds. The van der Waals surface area contributed by atoms with Crippen LogP contribution in [0.1, 0.15) is 25.7 Å². The lowest BCUT2D eigenvalue weighted by Crippen LogP contribution is -2.06. The Balaban J connectivity index is 2.83. The van der Waals surface area contributed by atoms with Crippen molar-refractivity contribution in [2.24, 2.45) is 5.73 Å². The van der Waals surface area contributed by atoms with Crippen molar-refractivity contribution in [3.05, 3.63) is 0 Å². The Bertz CT molecular complexity index is 85.1. The van der Waals surface area contributed by atoms with Crippen LogP contribution in [-0.2, 0) is 0 Å². The molecule has 0 fully saturated rings. The summed E-state index contributed by atoms with van der Waals surface area (Å²) in [5, 5.41) is 8.37. The molecule has 2 nitrogen and oxygen atoms in total. The van der Waals surface area contributed by atoms with Crippen molar-refractivity contribution in [3.8, 4) is 0 Å². The molecule has 3 N–H and O–H groups in total. The third-order valence-corrected chi connectivity index (χ3v) is 1.29. The maximum absolute atomic E-state index is 8.37. The summed E-state index contributed by atoms with van der Waals surface area (Å²) in [5.74, 6) is 0. The van der Waals surface area contributed by atoms with E-state index in [0.717, 1.165) is 25.7 Å². The molecular formula is C6H13NOS. The van der Waals surface area contributed by atoms with Crippen molar-refractivity contribution in [2.75, 3.05) is 6.61 Å². The van der Waals surface area contributed by atoms with Gasteiger partial charge in [-0.05, 0) is 19.3 Å². The van der Waals surface area contributed by atoms with Gasteiger partial charge in [-0.25, -0.2) is 0 Å². The number of hydrogen-bond donors (Lipinski definition) is 2. The number of nitrogens with two attached hydrogens (primary N) is 1. The summed E-state index contributed by atoms with van der Waals surface area (Å²) in [6, 6.07) is 0. The molecule has 9 heavy (non-hydrogen) atoms. The summed E-state index contributed by atoms with van der Waals surface area (Å²) in [5.41, 5.74) is 5.24. The highest BCUT2D eigenvalue weighted by atomic mass is 32.1. The molecule has 0 rings (SSSR count). The third kappa shape index (κ3) is 7.85. The number of rotatable bonds is 5. The van der Waals surface area contributed by atoms with Gasteiger partial charge in [-0.15, -0.1) is 0 Å². The number of aliphatic hydroxyl groups is 1. The molecular weight excluding hydrogens is 134 g/mol. The van der Waals surface area contributed by atoms with Crippen LogP contribution < -0.4 is 5.73 Å². The SMILES string of the molecule is NC(=S)CCCCCO. The van der Waals surface area contributed by atoms with Crippen molar-refractivity contribution in [2.45, 2.75) is 25.7 Å². The first kappa shape index (κ1) is 8.85. The summed E-state index contributed by atoms with van der Waals surface area (Å²) < 4.78 is 0. The molecule has 0 saturated carbocycles. The van der Waals surface area contributed by atoms with Gasteiger partial charge in [-0.1, -0.05) is 18.6 Å². The van der Waals surface area contributed by atoms with E-state index < -0.39 is 0 Å². The molecule has 0 atom stereocenters. The molecule has 0 unspecified atom stereocenters. The number of aliphatic hydroxyl groups excluding tert-OH is 1. The van der Waals surface area contributed by atoms with Gasteiger partial charge in [0, 0.05) is 6.61 Å². The standard InChI is InChI=1S/C6H13NOS/c7-6(9)4-2-1-3-5-8/h8H,1-5H2,(H2,7,9). The molecule has 0 aliphatic heterocycles. The zero-order valence-electron chi connectivity index (χ0n) is 5.47. The van der Waals surface area contributed by atoms with Gasteiger partial charge in [0.25, 0.3) is 0 Å². The van der Waals surface area contributed by atoms with Crippen LogP contribution in [0.4, 0.5) is 0 Å². The van der Waals surface area contributed by atoms with Gasteiger partial charge in [-0.2, -0.15) is 0 Å². The largest absolute Gasteiger partial charge is 0.396 e. The minimum absolute atomic E-state index is 0.275. The Morgan fingerprint density at radius 1 is 1.33 bits per heavy atom. The number of hydrogen-bond acceptors (Lipinski definition) is 2. The Morgan fingerprint density at radius 3 is 2.44 bits per heavy atom. The molecule has 54 valence electrons. The lowest BCUT2D eigenvalue weighted by atomic mass is 10.2. The lowest BCUT2D eigenvalue weighted by molar-refractivity contribution is 0.283. The van der Waals surface area contributed by atoms with E-state index >= 15 is 0 Å². The van der Waals surface area contributed by atoms with Gasteiger partial charge in [0.2, 0.25) is 0 Å². The molecule has 0 aliphatic rings. The smallest absolute Gasteiger partial charge is 0.0727 e. The summed E-state index contributed by atoms with van der Waals surface area (Å²) in [4.78, 5) is 0.577. The average molecular weight is 147 g/mol. The van der Waals surface area contributed by atoms with Crippen LogP contribution in [0.5, 0.6) is 0 Å². The summed E-state index contributed by atoms with van der Waals surface area (Å²) in [6.07, 6.45) is 3.71. The molecule has 0 aromatic carbocycles. The van der Waals surface area contributed by atoms with Crippen molar-refractivity contribution in [1.82, 2.24) is 0 Å². The lowest BCUT2D eigenvalue weighted by Gasteiger charge is -1.95. The van der Waals surface area contributed by atoms with Crippen LogP contribution in [-0.4, -0.2) is 16.7 Å². The van der Waals surface area contributed by atoms with Crippen LogP contribution in [0.2, 0.25) is 0 Å². The molecule has 0 bridgehead atoms. The molecule has 0 aliphatic carbocycles. The van der Waals surface area contributed by atoms with Crippen molar-refractivity contribution >= 4 is 17.2 Å². The molecule has 0 aromatic heterocycles. The van der Waals surface area contributed by atoms with Gasteiger partial charge in [0.05, 0.1) is 4.99 Å². The zero-order valence-corrected chi connectivity index (χ0v) is 6.28. The normalized spacial score (nSPS) is 9.44. The van der Waals surface area contributed by atoms with E-state index in [1.807, 2.05) is 0 Å². The molecule has 3 heteroatoms. The molecule has 0 heterocycles. The molecule has 0 saturated heterocycles. The summed E-state index contributed by atoms with van der Waals surface area (Å²) in [6.45, 7) is 0.275. The van der Waals surface area contributed by atoms with Crippen molar-refractivity contribution in [3.63, 3.8) is 0 Å². The third-order valence-electron chi connectivity index (χ3n) is 1.08. The van der Waals surface area contributed by atoms with E-state index in [0.29, 0.717) is 4.99 Å². The van der Waals surface area contributed by atoms with Crippen LogP contribution >= 0.6 is 12.2 Å². The van der Waals surface area contributed by atoms with Crippen molar-refractivity contribution < 1.29 is 5.11 Å². The average Bonchev–Trinajstić information content (AvgIpc) is 1.80. The first-order valence-corrected chi connectivity index (χ1v) is 3.57. The van der Waals surface area contributed by atoms with Gasteiger partial charge in [0.15, 0.2) is 0 Å². The highest BCUT2D eigenvalue weighted by Crippen LogP contribution is 1.97. The van der Waals surface area contributed by atoms with Crippen molar-refractivity contribution in [1.29, 1.82) is 0 Å². The minimum atomic E-state index is 0.275. The van der Waals surface area contributed by atoms with E-state index in [1.165, 1.54) is 0 Å². The minimum Gasteiger partial charge on any atom is -0.396 e. The predicted molar refractivity (Wildman–Crippen MR) is 42.3 cm³/mol. The van der Waals surface area contributed by atoms with E-state index in [4.69, 9.17) is 10.8 Å². The summed E-state index contributed by atoms with van der Waals surface area (Å²) >= 11 is 4.66. The van der Waals surface area contributed by atoms with Gasteiger partial charge < -0.3 is 10.8 Å². The maximum Gasteiger partial charge on any atom is 0.0727 e. The second-order valence-corrected chi connectivity index (χ2v) is 2.52. The first-order valence-electron chi connectivity index (χ1n) is 3.16. The van der Waals surface area contributed by atoms with E-state index in [-0.39, 0.29) is 6.61 Å². The molecule has 0 spiro atoms. The van der Waals surface area contributed by atoms with Gasteiger partial charge in [0.1, 0.15) is 0 Å². The highest BCUT2D eigenvalue weighted by Gasteiger charge is 1.89. The molecule has 0 radical (unpaired) electrons. The monoisotopic (exact) mass is 147 g/mol. The fraction of sp³-hybridized carbons (Fsp3) is 0.833. The first-order chi connectivity index (χ1) is 4.27. The van der Waals surface area contributed by atoms with Crippen LogP contribution in [0.3, 0.4) is 0 Å². The van der Waals surface area contributed by atoms with E-state index in [1.54, 1.807) is 0 Å². The Labute approximate surface area is 61.1 Å². The number of unbranched alkanes of at least 4 members (excludes halogenated alkanes) is 2. The fourth-order valence-electron chi connectivity index (χ4n) is 0.588. The second-order valence-electron chi connectivity index (χ2n) is 2.00. The van der Waals surface area contributed by atoms with E-state index in [2.05, 4.69) is 12.2 Å². The Morgan fingerprint density at radius 2 is 2.00 bits per heavy atom. The zero-order chi connectivity index (χ0) is 7.11. The van der Waals surface area contributed by atoms with Gasteiger partial charge in [-0.3, -0.25) is 0 Å². The van der Waals surface area contributed by atoms with Gasteiger partial charge >= 0.3 is 0 Å². The molecule has 0 aromatic rings. The fourth-order valence-corrected chi connectivity index (χ4v) is 0.732. The van der Waals surface area contributed by atoms with Crippen LogP contribution in [0.25, 0.3) is 0 Å². The van der Waals surface area contributed by atoms with Crippen LogP contribution in [0, 0.1) is 0 Å². The second kappa shape index (κ2) is 5.98. The number of thiocarbonyl (C=S) groups is 1. The van der Waals surface area contributed by atoms with E-state index in [9.17, 15) is 0 Å². The Kier molecular flexibility index (Phi) is 5.88. The predicted octanol–water partition coefficient (Wildman–Crippen LogP) is 0.825.